The summed E-state index contributed by atoms with van der Waals surface area (Å²) >= 11 is 1.42. The van der Waals surface area contributed by atoms with Crippen molar-refractivity contribution >= 4 is 28.2 Å². The summed E-state index contributed by atoms with van der Waals surface area (Å²) in [5.41, 5.74) is 0.894. The zero-order valence-electron chi connectivity index (χ0n) is 13.0. The van der Waals surface area contributed by atoms with Crippen LogP contribution in [0.4, 0.5) is 5.00 Å². The highest BCUT2D eigenvalue weighted by Gasteiger charge is 2.28. The summed E-state index contributed by atoms with van der Waals surface area (Å²) in [5, 5.41) is 3.47. The number of carbonyl (C=O) groups excluding carboxylic acids is 2. The fraction of sp³-hybridized carbons (Fsp3) is 0.600. The molecule has 0 saturated heterocycles. The van der Waals surface area contributed by atoms with Crippen LogP contribution in [0.15, 0.2) is 0 Å². The zero-order valence-corrected chi connectivity index (χ0v) is 13.9. The molecule has 0 aromatic carbocycles. The Hall–Kier alpha value is -1.36. The number of rotatable bonds is 5. The second-order valence-electron chi connectivity index (χ2n) is 5.40. The zero-order chi connectivity index (χ0) is 15.5. The van der Waals surface area contributed by atoms with Crippen molar-refractivity contribution in [3.63, 3.8) is 0 Å². The van der Waals surface area contributed by atoms with Crippen LogP contribution in [0.2, 0.25) is 0 Å². The van der Waals surface area contributed by atoms with Crippen molar-refractivity contribution in [3.8, 4) is 0 Å². The van der Waals surface area contributed by atoms with Crippen molar-refractivity contribution in [1.82, 2.24) is 0 Å². The summed E-state index contributed by atoms with van der Waals surface area (Å²) in [7, 11) is 0. The van der Waals surface area contributed by atoms with E-state index in [1.807, 2.05) is 34.6 Å². The third kappa shape index (κ3) is 3.39. The highest BCUT2D eigenvalue weighted by Crippen LogP contribution is 2.34. The van der Waals surface area contributed by atoms with E-state index in [9.17, 15) is 9.59 Å². The van der Waals surface area contributed by atoms with E-state index in [2.05, 4.69) is 5.32 Å². The summed E-state index contributed by atoms with van der Waals surface area (Å²) in [4.78, 5) is 25.3. The van der Waals surface area contributed by atoms with Gasteiger partial charge >= 0.3 is 5.97 Å². The Balaban J connectivity index is 3.10. The maximum Gasteiger partial charge on any atom is 0.341 e. The summed E-state index contributed by atoms with van der Waals surface area (Å²) in [5.74, 6) is -0.453. The molecule has 20 heavy (non-hydrogen) atoms. The Labute approximate surface area is 124 Å². The molecule has 0 atom stereocenters. The molecular formula is C15H23NO3S. The average molecular weight is 297 g/mol. The molecule has 1 amide bonds. The van der Waals surface area contributed by atoms with E-state index >= 15 is 0 Å². The molecule has 1 heterocycles. The molecule has 1 N–H and O–H groups in total. The van der Waals surface area contributed by atoms with E-state index < -0.39 is 5.41 Å². The maximum atomic E-state index is 12.3. The topological polar surface area (TPSA) is 55.4 Å². The molecular weight excluding hydrogens is 274 g/mol. The van der Waals surface area contributed by atoms with E-state index in [-0.39, 0.29) is 11.9 Å². The van der Waals surface area contributed by atoms with Crippen molar-refractivity contribution in [1.29, 1.82) is 0 Å². The normalized spacial score (nSPS) is 11.3. The van der Waals surface area contributed by atoms with E-state index in [0.717, 1.165) is 16.9 Å². The van der Waals surface area contributed by atoms with Gasteiger partial charge in [0.05, 0.1) is 12.2 Å². The fourth-order valence-corrected chi connectivity index (χ4v) is 2.64. The van der Waals surface area contributed by atoms with E-state index in [1.54, 1.807) is 6.92 Å². The smallest absolute Gasteiger partial charge is 0.341 e. The largest absolute Gasteiger partial charge is 0.462 e. The Bertz CT molecular complexity index is 517. The van der Waals surface area contributed by atoms with Gasteiger partial charge in [-0.25, -0.2) is 4.79 Å². The number of ether oxygens (including phenoxy) is 1. The predicted octanol–water partition coefficient (Wildman–Crippen LogP) is 3.92. The molecule has 0 aliphatic carbocycles. The first-order valence-corrected chi connectivity index (χ1v) is 7.64. The molecule has 0 spiro atoms. The number of anilines is 1. The van der Waals surface area contributed by atoms with Crippen LogP contribution in [-0.4, -0.2) is 18.5 Å². The molecule has 0 saturated carbocycles. The summed E-state index contributed by atoms with van der Waals surface area (Å²) in [6, 6.07) is 0. The molecule has 1 rings (SSSR count). The van der Waals surface area contributed by atoms with Gasteiger partial charge in [0.15, 0.2) is 0 Å². The number of hydrogen-bond acceptors (Lipinski definition) is 4. The average Bonchev–Trinajstić information content (AvgIpc) is 2.65. The molecule has 1 aromatic rings. The lowest BCUT2D eigenvalue weighted by molar-refractivity contribution is -0.124. The van der Waals surface area contributed by atoms with Crippen molar-refractivity contribution < 1.29 is 14.3 Å². The van der Waals surface area contributed by atoms with Gasteiger partial charge < -0.3 is 10.1 Å². The first-order valence-electron chi connectivity index (χ1n) is 6.83. The molecule has 0 aliphatic rings. The van der Waals surface area contributed by atoms with Crippen LogP contribution in [0.1, 0.15) is 54.9 Å². The Morgan fingerprint density at radius 3 is 2.35 bits per heavy atom. The molecule has 1 aromatic heterocycles. The van der Waals surface area contributed by atoms with Crippen LogP contribution in [0, 0.1) is 19.3 Å². The second kappa shape index (κ2) is 6.39. The summed E-state index contributed by atoms with van der Waals surface area (Å²) < 4.78 is 5.07. The van der Waals surface area contributed by atoms with Crippen LogP contribution < -0.4 is 5.32 Å². The standard InChI is InChI=1S/C15H23NO3S/c1-7-15(5,6)14(18)16-12-11(13(17)19-8-2)9(3)10(4)20-12/h7-8H2,1-6H3,(H,16,18). The van der Waals surface area contributed by atoms with Gasteiger partial charge in [0.1, 0.15) is 5.00 Å². The van der Waals surface area contributed by atoms with Crippen molar-refractivity contribution in [3.05, 3.63) is 16.0 Å². The Kier molecular flexibility index (Phi) is 5.34. The Morgan fingerprint density at radius 1 is 1.25 bits per heavy atom. The van der Waals surface area contributed by atoms with Gasteiger partial charge in [-0.05, 0) is 32.8 Å². The van der Waals surface area contributed by atoms with E-state index in [4.69, 9.17) is 4.74 Å². The monoisotopic (exact) mass is 297 g/mol. The van der Waals surface area contributed by atoms with Gasteiger partial charge in [-0.1, -0.05) is 20.8 Å². The van der Waals surface area contributed by atoms with Gasteiger partial charge in [0.25, 0.3) is 0 Å². The number of carbonyl (C=O) groups is 2. The number of thiophene rings is 1. The molecule has 0 fully saturated rings. The number of esters is 1. The maximum absolute atomic E-state index is 12.3. The van der Waals surface area contributed by atoms with Gasteiger partial charge in [0, 0.05) is 10.3 Å². The predicted molar refractivity (Wildman–Crippen MR) is 82.5 cm³/mol. The second-order valence-corrected chi connectivity index (χ2v) is 6.62. The SMILES string of the molecule is CCOC(=O)c1c(NC(=O)C(C)(C)CC)sc(C)c1C. The minimum atomic E-state index is -0.461. The molecule has 0 bridgehead atoms. The highest BCUT2D eigenvalue weighted by atomic mass is 32.1. The lowest BCUT2D eigenvalue weighted by atomic mass is 9.89. The number of hydrogen-bond donors (Lipinski definition) is 1. The quantitative estimate of drug-likeness (QED) is 0.838. The lowest BCUT2D eigenvalue weighted by Gasteiger charge is -2.21. The van der Waals surface area contributed by atoms with Crippen molar-refractivity contribution in [2.45, 2.75) is 48.0 Å². The molecule has 4 nitrogen and oxygen atoms in total. The van der Waals surface area contributed by atoms with E-state index in [0.29, 0.717) is 17.2 Å². The number of amides is 1. The van der Waals surface area contributed by atoms with Crippen LogP contribution in [0.25, 0.3) is 0 Å². The van der Waals surface area contributed by atoms with Crippen LogP contribution in [-0.2, 0) is 9.53 Å². The number of nitrogens with one attached hydrogen (secondary N) is 1. The minimum Gasteiger partial charge on any atom is -0.462 e. The first-order chi connectivity index (χ1) is 9.24. The van der Waals surface area contributed by atoms with Crippen molar-refractivity contribution in [2.75, 3.05) is 11.9 Å². The fourth-order valence-electron chi connectivity index (χ4n) is 1.60. The van der Waals surface area contributed by atoms with Crippen LogP contribution in [0.5, 0.6) is 0 Å². The lowest BCUT2D eigenvalue weighted by Crippen LogP contribution is -2.30. The van der Waals surface area contributed by atoms with Crippen LogP contribution >= 0.6 is 11.3 Å². The minimum absolute atomic E-state index is 0.0770. The van der Waals surface area contributed by atoms with Crippen LogP contribution in [0.3, 0.4) is 0 Å². The first kappa shape index (κ1) is 16.7. The third-order valence-electron chi connectivity index (χ3n) is 3.59. The van der Waals surface area contributed by atoms with Gasteiger partial charge in [-0.3, -0.25) is 4.79 Å². The molecule has 5 heteroatoms. The van der Waals surface area contributed by atoms with Gasteiger partial charge in [-0.2, -0.15) is 0 Å². The van der Waals surface area contributed by atoms with Crippen molar-refractivity contribution in [2.24, 2.45) is 5.41 Å². The van der Waals surface area contributed by atoms with E-state index in [1.165, 1.54) is 11.3 Å². The molecule has 112 valence electrons. The molecule has 0 radical (unpaired) electrons. The van der Waals surface area contributed by atoms with Gasteiger partial charge in [0.2, 0.25) is 5.91 Å². The van der Waals surface area contributed by atoms with Gasteiger partial charge in [-0.15, -0.1) is 11.3 Å². The highest BCUT2D eigenvalue weighted by molar-refractivity contribution is 7.16. The molecule has 0 unspecified atom stereocenters. The Morgan fingerprint density at radius 2 is 1.85 bits per heavy atom. The number of aryl methyl sites for hydroxylation is 1. The molecule has 0 aliphatic heterocycles. The summed E-state index contributed by atoms with van der Waals surface area (Å²) in [6.45, 7) is 11.6. The summed E-state index contributed by atoms with van der Waals surface area (Å²) in [6.07, 6.45) is 0.733. The third-order valence-corrected chi connectivity index (χ3v) is 4.71.